The number of pyridine rings is 1. The minimum atomic E-state index is 0.216. The van der Waals surface area contributed by atoms with Gasteiger partial charge >= 0.3 is 0 Å². The normalized spacial score (nSPS) is 19.0. The number of aromatic nitrogens is 1. The van der Waals surface area contributed by atoms with Gasteiger partial charge in [-0.1, -0.05) is 43.3 Å². The Kier molecular flexibility index (Phi) is 5.66. The Morgan fingerprint density at radius 3 is 2.68 bits per heavy atom. The van der Waals surface area contributed by atoms with Gasteiger partial charge in [0.1, 0.15) is 5.82 Å². The highest BCUT2D eigenvalue weighted by atomic mass is 16.2. The molecule has 1 amide bonds. The standard InChI is InChI=1S/C20H26N4O/c1-2-18-15-23(14-17-9-6-11-22-20(17)21)12-10-19(25)24(18)13-16-7-4-3-5-8-16/h3-9,11,18H,2,10,12-15H2,1H3,(H2,21,22). The second-order valence-electron chi connectivity index (χ2n) is 6.60. The van der Waals surface area contributed by atoms with Gasteiger partial charge in [0.15, 0.2) is 0 Å². The Morgan fingerprint density at radius 2 is 1.96 bits per heavy atom. The van der Waals surface area contributed by atoms with Crippen LogP contribution in [0.4, 0.5) is 5.82 Å². The van der Waals surface area contributed by atoms with E-state index >= 15 is 0 Å². The van der Waals surface area contributed by atoms with Gasteiger partial charge in [-0.25, -0.2) is 4.98 Å². The Morgan fingerprint density at radius 1 is 1.16 bits per heavy atom. The van der Waals surface area contributed by atoms with Crippen molar-refractivity contribution in [2.45, 2.75) is 38.9 Å². The van der Waals surface area contributed by atoms with Crippen molar-refractivity contribution in [2.75, 3.05) is 18.8 Å². The van der Waals surface area contributed by atoms with Crippen LogP contribution in [-0.4, -0.2) is 39.8 Å². The largest absolute Gasteiger partial charge is 0.383 e. The van der Waals surface area contributed by atoms with Crippen LogP contribution < -0.4 is 5.73 Å². The summed E-state index contributed by atoms with van der Waals surface area (Å²) in [5, 5.41) is 0. The highest BCUT2D eigenvalue weighted by molar-refractivity contribution is 5.77. The molecule has 2 aromatic rings. The fraction of sp³-hybridized carbons (Fsp3) is 0.400. The molecule has 1 aromatic heterocycles. The van der Waals surface area contributed by atoms with Gasteiger partial charge in [0.05, 0.1) is 0 Å². The zero-order chi connectivity index (χ0) is 17.6. The predicted molar refractivity (Wildman–Crippen MR) is 99.6 cm³/mol. The van der Waals surface area contributed by atoms with E-state index in [1.54, 1.807) is 6.20 Å². The quantitative estimate of drug-likeness (QED) is 0.910. The molecule has 2 heterocycles. The fourth-order valence-electron chi connectivity index (χ4n) is 3.40. The number of nitrogens with two attached hydrogens (primary N) is 1. The van der Waals surface area contributed by atoms with E-state index in [1.807, 2.05) is 35.2 Å². The Hall–Kier alpha value is -2.40. The van der Waals surface area contributed by atoms with Crippen LogP contribution in [-0.2, 0) is 17.9 Å². The summed E-state index contributed by atoms with van der Waals surface area (Å²) in [6, 6.07) is 14.4. The van der Waals surface area contributed by atoms with E-state index in [-0.39, 0.29) is 11.9 Å². The molecule has 5 nitrogen and oxygen atoms in total. The number of carbonyl (C=O) groups is 1. The maximum atomic E-state index is 12.7. The van der Waals surface area contributed by atoms with Crippen molar-refractivity contribution in [1.82, 2.24) is 14.8 Å². The molecule has 0 aliphatic carbocycles. The first-order valence-corrected chi connectivity index (χ1v) is 8.92. The lowest BCUT2D eigenvalue weighted by Gasteiger charge is -2.31. The molecule has 3 rings (SSSR count). The minimum Gasteiger partial charge on any atom is -0.383 e. The van der Waals surface area contributed by atoms with Gasteiger partial charge in [-0.15, -0.1) is 0 Å². The van der Waals surface area contributed by atoms with Crippen LogP contribution in [0.2, 0.25) is 0 Å². The SMILES string of the molecule is CCC1CN(Cc2cccnc2N)CCC(=O)N1Cc1ccccc1. The molecule has 132 valence electrons. The van der Waals surface area contributed by atoms with Crippen molar-refractivity contribution >= 4 is 11.7 Å². The molecule has 0 saturated carbocycles. The van der Waals surface area contributed by atoms with Crippen LogP contribution in [0.25, 0.3) is 0 Å². The molecule has 1 atom stereocenters. The highest BCUT2D eigenvalue weighted by Crippen LogP contribution is 2.20. The lowest BCUT2D eigenvalue weighted by Crippen LogP contribution is -2.42. The molecule has 1 fully saturated rings. The molecule has 1 aromatic carbocycles. The molecule has 0 radical (unpaired) electrons. The minimum absolute atomic E-state index is 0.216. The molecule has 5 heteroatoms. The third kappa shape index (κ3) is 4.37. The second-order valence-corrected chi connectivity index (χ2v) is 6.60. The number of hydrogen-bond donors (Lipinski definition) is 1. The number of nitrogens with zero attached hydrogens (tertiary/aromatic N) is 3. The summed E-state index contributed by atoms with van der Waals surface area (Å²) in [6.45, 7) is 5.19. The van der Waals surface area contributed by atoms with E-state index in [2.05, 4.69) is 28.9 Å². The summed E-state index contributed by atoms with van der Waals surface area (Å²) in [7, 11) is 0. The van der Waals surface area contributed by atoms with E-state index in [4.69, 9.17) is 5.73 Å². The zero-order valence-electron chi connectivity index (χ0n) is 14.8. The number of hydrogen-bond acceptors (Lipinski definition) is 4. The van der Waals surface area contributed by atoms with Gasteiger partial charge in [0.25, 0.3) is 0 Å². The summed E-state index contributed by atoms with van der Waals surface area (Å²) in [6.07, 6.45) is 3.20. The molecule has 1 aliphatic heterocycles. The molecule has 0 spiro atoms. The summed E-state index contributed by atoms with van der Waals surface area (Å²) in [5.74, 6) is 0.810. The lowest BCUT2D eigenvalue weighted by atomic mass is 10.1. The molecule has 1 unspecified atom stereocenters. The number of nitrogen functional groups attached to an aromatic ring is 1. The summed E-state index contributed by atoms with van der Waals surface area (Å²) >= 11 is 0. The maximum absolute atomic E-state index is 12.7. The fourth-order valence-corrected chi connectivity index (χ4v) is 3.40. The lowest BCUT2D eigenvalue weighted by molar-refractivity contribution is -0.133. The summed E-state index contributed by atoms with van der Waals surface area (Å²) in [5.41, 5.74) is 8.19. The van der Waals surface area contributed by atoms with E-state index in [0.717, 1.165) is 31.6 Å². The van der Waals surface area contributed by atoms with Crippen molar-refractivity contribution in [3.05, 3.63) is 59.8 Å². The third-order valence-corrected chi connectivity index (χ3v) is 4.86. The van der Waals surface area contributed by atoms with Gasteiger partial charge in [0, 0.05) is 50.4 Å². The van der Waals surface area contributed by atoms with Crippen LogP contribution in [0.15, 0.2) is 48.7 Å². The van der Waals surface area contributed by atoms with Crippen LogP contribution in [0, 0.1) is 0 Å². The first kappa shape index (κ1) is 17.4. The van der Waals surface area contributed by atoms with Gasteiger partial charge in [0.2, 0.25) is 5.91 Å². The van der Waals surface area contributed by atoms with Gasteiger partial charge in [-0.05, 0) is 18.1 Å². The van der Waals surface area contributed by atoms with Crippen molar-refractivity contribution in [3.63, 3.8) is 0 Å². The van der Waals surface area contributed by atoms with Gasteiger partial charge < -0.3 is 10.6 Å². The average molecular weight is 338 g/mol. The van der Waals surface area contributed by atoms with Crippen molar-refractivity contribution in [2.24, 2.45) is 0 Å². The van der Waals surface area contributed by atoms with E-state index in [9.17, 15) is 4.79 Å². The summed E-state index contributed by atoms with van der Waals surface area (Å²) in [4.78, 5) is 21.2. The zero-order valence-corrected chi connectivity index (χ0v) is 14.8. The van der Waals surface area contributed by atoms with Gasteiger partial charge in [-0.2, -0.15) is 0 Å². The highest BCUT2D eigenvalue weighted by Gasteiger charge is 2.28. The monoisotopic (exact) mass is 338 g/mol. The van der Waals surface area contributed by atoms with Crippen LogP contribution in [0.5, 0.6) is 0 Å². The maximum Gasteiger partial charge on any atom is 0.224 e. The third-order valence-electron chi connectivity index (χ3n) is 4.86. The van der Waals surface area contributed by atoms with E-state index in [0.29, 0.717) is 18.8 Å². The van der Waals surface area contributed by atoms with Crippen LogP contribution >= 0.6 is 0 Å². The summed E-state index contributed by atoms with van der Waals surface area (Å²) < 4.78 is 0. The number of carbonyl (C=O) groups excluding carboxylic acids is 1. The van der Waals surface area contributed by atoms with E-state index < -0.39 is 0 Å². The first-order chi connectivity index (χ1) is 12.2. The van der Waals surface area contributed by atoms with E-state index in [1.165, 1.54) is 5.56 Å². The predicted octanol–water partition coefficient (Wildman–Crippen LogP) is 2.68. The number of amides is 1. The second kappa shape index (κ2) is 8.12. The molecular formula is C20H26N4O. The Labute approximate surface area is 149 Å². The molecular weight excluding hydrogens is 312 g/mol. The number of rotatable bonds is 5. The first-order valence-electron chi connectivity index (χ1n) is 8.92. The van der Waals surface area contributed by atoms with Crippen LogP contribution in [0.1, 0.15) is 30.9 Å². The van der Waals surface area contributed by atoms with Crippen molar-refractivity contribution in [3.8, 4) is 0 Å². The molecule has 25 heavy (non-hydrogen) atoms. The number of benzene rings is 1. The van der Waals surface area contributed by atoms with Crippen LogP contribution in [0.3, 0.4) is 0 Å². The van der Waals surface area contributed by atoms with Crippen molar-refractivity contribution in [1.29, 1.82) is 0 Å². The number of anilines is 1. The Bertz CT molecular complexity index is 704. The smallest absolute Gasteiger partial charge is 0.224 e. The van der Waals surface area contributed by atoms with Gasteiger partial charge in [-0.3, -0.25) is 9.69 Å². The molecule has 2 N–H and O–H groups in total. The average Bonchev–Trinajstić information content (AvgIpc) is 2.78. The molecule has 0 bridgehead atoms. The van der Waals surface area contributed by atoms with Crippen molar-refractivity contribution < 1.29 is 4.79 Å². The molecule has 1 aliphatic rings. The topological polar surface area (TPSA) is 62.5 Å². The Balaban J connectivity index is 1.73. The molecule has 1 saturated heterocycles.